The van der Waals surface area contributed by atoms with Gasteiger partial charge in [0.1, 0.15) is 5.78 Å². The lowest BCUT2D eigenvalue weighted by atomic mass is 9.84. The number of Topliss-reactive ketones (excluding diaryl/α,β-unsaturated/α-hetero) is 1. The third kappa shape index (κ3) is 4.81. The Bertz CT molecular complexity index is 858. The Morgan fingerprint density at radius 2 is 2.06 bits per heavy atom. The summed E-state index contributed by atoms with van der Waals surface area (Å²) in [6.45, 7) is 12.1. The molecule has 2 fully saturated rings. The van der Waals surface area contributed by atoms with E-state index in [1.807, 2.05) is 18.3 Å². The van der Waals surface area contributed by atoms with Crippen molar-refractivity contribution in [3.05, 3.63) is 60.6 Å². The number of carbonyl (C=O) groups excluding carboxylic acids is 1. The highest BCUT2D eigenvalue weighted by molar-refractivity contribution is 5.83. The molecule has 2 unspecified atom stereocenters. The van der Waals surface area contributed by atoms with E-state index in [-0.39, 0.29) is 12.4 Å². The molecular formula is C25H34N4O2. The quantitative estimate of drug-likeness (QED) is 0.727. The molecule has 6 heteroatoms. The van der Waals surface area contributed by atoms with E-state index in [0.717, 1.165) is 63.5 Å². The Morgan fingerprint density at radius 3 is 2.65 bits per heavy atom. The maximum Gasteiger partial charge on any atom is 0.139 e. The summed E-state index contributed by atoms with van der Waals surface area (Å²) in [5.74, 6) is 0.0949. The second-order valence-electron chi connectivity index (χ2n) is 9.08. The molecule has 0 spiro atoms. The summed E-state index contributed by atoms with van der Waals surface area (Å²) < 4.78 is 0. The smallest absolute Gasteiger partial charge is 0.139 e. The Kier molecular flexibility index (Phi) is 6.70. The van der Waals surface area contributed by atoms with Crippen LogP contribution in [0.4, 0.5) is 0 Å². The molecule has 3 heterocycles. The minimum Gasteiger partial charge on any atom is -0.395 e. The van der Waals surface area contributed by atoms with Gasteiger partial charge in [0.15, 0.2) is 0 Å². The Labute approximate surface area is 185 Å². The highest BCUT2D eigenvalue weighted by Crippen LogP contribution is 2.31. The average Bonchev–Trinajstić information content (AvgIpc) is 3.24. The second-order valence-corrected chi connectivity index (χ2v) is 9.08. The van der Waals surface area contributed by atoms with Gasteiger partial charge in [-0.3, -0.25) is 19.6 Å². The minimum absolute atomic E-state index is 0.0601. The highest BCUT2D eigenvalue weighted by atomic mass is 16.3. The predicted octanol–water partition coefficient (Wildman–Crippen LogP) is 2.20. The second kappa shape index (κ2) is 9.47. The lowest BCUT2D eigenvalue weighted by Gasteiger charge is -2.41. The Morgan fingerprint density at radius 1 is 1.26 bits per heavy atom. The fraction of sp³-hybridized carbons (Fsp3) is 0.520. The van der Waals surface area contributed by atoms with Crippen molar-refractivity contribution in [1.29, 1.82) is 0 Å². The molecule has 6 nitrogen and oxygen atoms in total. The maximum atomic E-state index is 12.0. The number of hydrogen-bond donors (Lipinski definition) is 1. The van der Waals surface area contributed by atoms with Gasteiger partial charge in [-0.1, -0.05) is 30.9 Å². The van der Waals surface area contributed by atoms with Crippen LogP contribution < -0.4 is 0 Å². The summed E-state index contributed by atoms with van der Waals surface area (Å²) in [7, 11) is 0. The Hall–Kier alpha value is -2.28. The van der Waals surface area contributed by atoms with Crippen molar-refractivity contribution in [2.45, 2.75) is 25.8 Å². The van der Waals surface area contributed by atoms with Crippen LogP contribution in [0, 0.1) is 5.41 Å². The largest absolute Gasteiger partial charge is 0.395 e. The zero-order valence-corrected chi connectivity index (χ0v) is 18.5. The molecule has 0 bridgehead atoms. The number of ketones is 1. The summed E-state index contributed by atoms with van der Waals surface area (Å²) in [5, 5.41) is 9.72. The van der Waals surface area contributed by atoms with E-state index in [0.29, 0.717) is 12.6 Å². The summed E-state index contributed by atoms with van der Waals surface area (Å²) in [6.07, 6.45) is 10.4. The van der Waals surface area contributed by atoms with Crippen molar-refractivity contribution in [1.82, 2.24) is 19.7 Å². The number of nitrogens with zero attached hydrogens (tertiary/aromatic N) is 4. The van der Waals surface area contributed by atoms with E-state index < -0.39 is 5.41 Å². The third-order valence-electron chi connectivity index (χ3n) is 7.16. The average molecular weight is 423 g/mol. The van der Waals surface area contributed by atoms with Crippen LogP contribution >= 0.6 is 0 Å². The fourth-order valence-corrected chi connectivity index (χ4v) is 4.95. The van der Waals surface area contributed by atoms with Gasteiger partial charge in [0, 0.05) is 57.2 Å². The SMILES string of the molecule is C=C(CN1CCC(CO)(C(C)=O)C1)N1CCN(C2C=CC(c3ccccn3)=CC2)CC1. The number of pyridine rings is 1. The first kappa shape index (κ1) is 21.9. The molecule has 2 saturated heterocycles. The van der Waals surface area contributed by atoms with E-state index in [4.69, 9.17) is 0 Å². The van der Waals surface area contributed by atoms with Gasteiger partial charge in [-0.2, -0.15) is 0 Å². The topological polar surface area (TPSA) is 59.9 Å². The van der Waals surface area contributed by atoms with E-state index in [2.05, 4.69) is 50.6 Å². The number of piperazine rings is 1. The van der Waals surface area contributed by atoms with Gasteiger partial charge >= 0.3 is 0 Å². The molecule has 31 heavy (non-hydrogen) atoms. The molecule has 166 valence electrons. The van der Waals surface area contributed by atoms with Crippen LogP contribution in [0.25, 0.3) is 5.57 Å². The first-order valence-electron chi connectivity index (χ1n) is 11.3. The van der Waals surface area contributed by atoms with Gasteiger partial charge < -0.3 is 10.0 Å². The Balaban J connectivity index is 1.24. The van der Waals surface area contributed by atoms with Crippen molar-refractivity contribution in [2.75, 3.05) is 52.4 Å². The number of rotatable bonds is 7. The standard InChI is InChI=1S/C25H34N4O2/c1-20(17-27-12-10-25(18-27,19-30)21(2)31)28-13-15-29(16-14-28)23-8-6-22(7-9-23)24-5-3-4-11-26-24/h3-8,11,23,30H,1,9-10,12-19H2,2H3. The van der Waals surface area contributed by atoms with Crippen LogP contribution in [0.1, 0.15) is 25.5 Å². The molecule has 0 amide bonds. The minimum atomic E-state index is -0.575. The van der Waals surface area contributed by atoms with Crippen LogP contribution in [0.15, 0.2) is 54.9 Å². The van der Waals surface area contributed by atoms with Gasteiger partial charge in [-0.05, 0) is 44.0 Å². The first-order valence-corrected chi connectivity index (χ1v) is 11.3. The molecule has 4 rings (SSSR count). The predicted molar refractivity (Wildman–Crippen MR) is 123 cm³/mol. The normalized spacial score (nSPS) is 27.4. The van der Waals surface area contributed by atoms with Crippen molar-refractivity contribution >= 4 is 11.4 Å². The van der Waals surface area contributed by atoms with E-state index in [9.17, 15) is 9.90 Å². The number of carbonyl (C=O) groups is 1. The fourth-order valence-electron chi connectivity index (χ4n) is 4.95. The number of likely N-dealkylation sites (tertiary alicyclic amines) is 1. The first-order chi connectivity index (χ1) is 15.0. The van der Waals surface area contributed by atoms with Crippen LogP contribution in [0.5, 0.6) is 0 Å². The molecular weight excluding hydrogens is 388 g/mol. The number of hydrogen-bond acceptors (Lipinski definition) is 6. The van der Waals surface area contributed by atoms with E-state index >= 15 is 0 Å². The zero-order valence-electron chi connectivity index (χ0n) is 18.5. The summed E-state index contributed by atoms with van der Waals surface area (Å²) in [6, 6.07) is 6.48. The lowest BCUT2D eigenvalue weighted by molar-refractivity contribution is -0.128. The molecule has 0 aromatic carbocycles. The van der Waals surface area contributed by atoms with Gasteiger partial charge in [0.25, 0.3) is 0 Å². The zero-order chi connectivity index (χ0) is 21.8. The van der Waals surface area contributed by atoms with Crippen LogP contribution in [0.3, 0.4) is 0 Å². The molecule has 2 aliphatic heterocycles. The molecule has 1 aromatic rings. The van der Waals surface area contributed by atoms with Gasteiger partial charge in [0.05, 0.1) is 17.7 Å². The van der Waals surface area contributed by atoms with E-state index in [1.54, 1.807) is 6.92 Å². The van der Waals surface area contributed by atoms with Crippen LogP contribution in [-0.2, 0) is 4.79 Å². The molecule has 2 atom stereocenters. The molecule has 0 radical (unpaired) electrons. The van der Waals surface area contributed by atoms with Crippen LogP contribution in [-0.4, -0.2) is 89.0 Å². The summed E-state index contributed by atoms with van der Waals surface area (Å²) >= 11 is 0. The van der Waals surface area contributed by atoms with Crippen molar-refractivity contribution < 1.29 is 9.90 Å². The highest BCUT2D eigenvalue weighted by Gasteiger charge is 2.41. The van der Waals surface area contributed by atoms with Crippen molar-refractivity contribution in [2.24, 2.45) is 5.41 Å². The van der Waals surface area contributed by atoms with E-state index in [1.165, 1.54) is 5.57 Å². The lowest BCUT2D eigenvalue weighted by Crippen LogP contribution is -2.50. The number of allylic oxidation sites excluding steroid dienone is 2. The molecule has 1 aromatic heterocycles. The monoisotopic (exact) mass is 422 g/mol. The number of aromatic nitrogens is 1. The summed E-state index contributed by atoms with van der Waals surface area (Å²) in [4.78, 5) is 23.6. The molecule has 1 N–H and O–H groups in total. The summed E-state index contributed by atoms with van der Waals surface area (Å²) in [5.41, 5.74) is 2.79. The van der Waals surface area contributed by atoms with Crippen LogP contribution in [0.2, 0.25) is 0 Å². The van der Waals surface area contributed by atoms with Gasteiger partial charge in [-0.15, -0.1) is 0 Å². The third-order valence-corrected chi connectivity index (χ3v) is 7.16. The number of aliphatic hydroxyl groups is 1. The maximum absolute atomic E-state index is 12.0. The van der Waals surface area contributed by atoms with Crippen molar-refractivity contribution in [3.8, 4) is 0 Å². The molecule has 0 saturated carbocycles. The number of aliphatic hydroxyl groups excluding tert-OH is 1. The molecule has 3 aliphatic rings. The van der Waals surface area contributed by atoms with Crippen molar-refractivity contribution in [3.63, 3.8) is 0 Å². The molecule has 1 aliphatic carbocycles. The van der Waals surface area contributed by atoms with Gasteiger partial charge in [0.2, 0.25) is 0 Å². The van der Waals surface area contributed by atoms with Gasteiger partial charge in [-0.25, -0.2) is 0 Å².